The number of hydrogen-bond donors (Lipinski definition) is 4. The molecule has 2 unspecified atom stereocenters. The fourth-order valence-corrected chi connectivity index (χ4v) is 5.62. The summed E-state index contributed by atoms with van der Waals surface area (Å²) < 4.78 is 22.1. The average molecular weight is 773 g/mol. The number of allylic oxidation sites excluding steroid dienone is 14. The van der Waals surface area contributed by atoms with E-state index in [0.717, 1.165) is 89.9 Å². The zero-order chi connectivity index (χ0) is 40.2. The second-order valence-electron chi connectivity index (χ2n) is 13.8. The molecule has 312 valence electrons. The zero-order valence-corrected chi connectivity index (χ0v) is 33.6. The van der Waals surface area contributed by atoms with E-state index in [0.29, 0.717) is 12.8 Å². The number of hydrogen-bond acceptors (Lipinski definition) is 10. The highest BCUT2D eigenvalue weighted by Gasteiger charge is 2.44. The molecule has 10 nitrogen and oxygen atoms in total. The molecule has 55 heavy (non-hydrogen) atoms. The smallest absolute Gasteiger partial charge is 0.306 e. The maximum atomic E-state index is 12.7. The van der Waals surface area contributed by atoms with Crippen molar-refractivity contribution in [1.82, 2.24) is 0 Å². The van der Waals surface area contributed by atoms with Crippen LogP contribution in [-0.4, -0.2) is 89.0 Å². The van der Waals surface area contributed by atoms with E-state index in [1.54, 1.807) is 0 Å². The van der Waals surface area contributed by atoms with Crippen molar-refractivity contribution in [1.29, 1.82) is 0 Å². The molecule has 0 amide bonds. The van der Waals surface area contributed by atoms with Gasteiger partial charge in [0.15, 0.2) is 12.4 Å². The van der Waals surface area contributed by atoms with E-state index in [1.165, 1.54) is 0 Å². The van der Waals surface area contributed by atoms with Gasteiger partial charge in [-0.25, -0.2) is 0 Å². The number of carbonyl (C=O) groups is 2. The molecule has 1 heterocycles. The van der Waals surface area contributed by atoms with Crippen molar-refractivity contribution in [3.05, 3.63) is 85.1 Å². The van der Waals surface area contributed by atoms with Crippen LogP contribution in [0.25, 0.3) is 0 Å². The van der Waals surface area contributed by atoms with Crippen LogP contribution < -0.4 is 0 Å². The van der Waals surface area contributed by atoms with Crippen LogP contribution in [0.15, 0.2) is 85.1 Å². The van der Waals surface area contributed by atoms with Crippen LogP contribution in [0.2, 0.25) is 0 Å². The predicted octanol–water partition coefficient (Wildman–Crippen LogP) is 8.21. The topological polar surface area (TPSA) is 152 Å². The maximum absolute atomic E-state index is 12.7. The number of ether oxygens (including phenoxy) is 4. The highest BCUT2D eigenvalue weighted by molar-refractivity contribution is 5.70. The highest BCUT2D eigenvalue weighted by atomic mass is 16.7. The molecule has 6 atom stereocenters. The first-order valence-electron chi connectivity index (χ1n) is 20.7. The van der Waals surface area contributed by atoms with Crippen LogP contribution in [-0.2, 0) is 28.5 Å². The highest BCUT2D eigenvalue weighted by Crippen LogP contribution is 2.22. The van der Waals surface area contributed by atoms with Crippen molar-refractivity contribution in [2.75, 3.05) is 19.8 Å². The molecule has 0 saturated carbocycles. The van der Waals surface area contributed by atoms with Gasteiger partial charge in [-0.3, -0.25) is 9.59 Å². The van der Waals surface area contributed by atoms with E-state index >= 15 is 0 Å². The standard InChI is InChI=1S/C45H72O10/c1-3-5-7-9-11-13-15-17-19-21-23-25-27-29-31-33-40(47)52-36-38(37-53-45-44(51)43(50)42(49)39(35-46)55-45)54-41(48)34-32-30-28-26-24-22-20-18-16-14-12-10-8-6-4-2/h5-9,11-15,17-20,38-39,42-46,49-51H,3-4,10,16,21-37H2,1-2H3/b7-5+,8-6+,11-9+,14-12+,15-13+,19-17+,20-18+/t38-,39-,42+,43?,44?,45-/m0/s1. The Morgan fingerprint density at radius 3 is 1.75 bits per heavy atom. The van der Waals surface area contributed by atoms with E-state index in [1.807, 2.05) is 30.4 Å². The van der Waals surface area contributed by atoms with Crippen LogP contribution in [0.1, 0.15) is 129 Å². The van der Waals surface area contributed by atoms with Crippen LogP contribution in [0.5, 0.6) is 0 Å². The molecule has 1 rings (SSSR count). The van der Waals surface area contributed by atoms with Gasteiger partial charge in [0.2, 0.25) is 0 Å². The summed E-state index contributed by atoms with van der Waals surface area (Å²) >= 11 is 0. The van der Waals surface area contributed by atoms with Gasteiger partial charge in [-0.1, -0.05) is 137 Å². The Balaban J connectivity index is 2.41. The van der Waals surface area contributed by atoms with Gasteiger partial charge in [0.1, 0.15) is 31.0 Å². The Bertz CT molecular complexity index is 1170. The maximum Gasteiger partial charge on any atom is 0.306 e. The lowest BCUT2D eigenvalue weighted by Gasteiger charge is -2.39. The fourth-order valence-electron chi connectivity index (χ4n) is 5.62. The summed E-state index contributed by atoms with van der Waals surface area (Å²) in [6.07, 6.45) is 37.3. The van der Waals surface area contributed by atoms with E-state index in [-0.39, 0.29) is 26.1 Å². The first-order valence-corrected chi connectivity index (χ1v) is 20.7. The lowest BCUT2D eigenvalue weighted by atomic mass is 9.99. The van der Waals surface area contributed by atoms with Crippen molar-refractivity contribution < 1.29 is 49.0 Å². The van der Waals surface area contributed by atoms with Crippen molar-refractivity contribution in [2.24, 2.45) is 0 Å². The van der Waals surface area contributed by atoms with Gasteiger partial charge in [-0.2, -0.15) is 0 Å². The largest absolute Gasteiger partial charge is 0.462 e. The SMILES string of the molecule is CC/C=C/C=C/C=C/C=C/CCCCCCCC(=O)OC[C@@H](CO[C@H]1O[C@@H](CO)[C@@H](O)C(O)C1O)OC(=O)CCCCCCC/C=C/C/C=C/C/C=C/CC. The summed E-state index contributed by atoms with van der Waals surface area (Å²) in [6.45, 7) is 3.10. The molecular weight excluding hydrogens is 700 g/mol. The molecular formula is C45H72O10. The summed E-state index contributed by atoms with van der Waals surface area (Å²) in [5.41, 5.74) is 0. The molecule has 0 aliphatic carbocycles. The number of unbranched alkanes of at least 4 members (excludes halogenated alkanes) is 10. The minimum absolute atomic E-state index is 0.199. The third-order valence-electron chi connectivity index (χ3n) is 8.87. The molecule has 0 spiro atoms. The summed E-state index contributed by atoms with van der Waals surface area (Å²) in [4.78, 5) is 25.3. The van der Waals surface area contributed by atoms with Gasteiger partial charge < -0.3 is 39.4 Å². The van der Waals surface area contributed by atoms with Gasteiger partial charge in [-0.15, -0.1) is 0 Å². The van der Waals surface area contributed by atoms with Crippen molar-refractivity contribution >= 4 is 11.9 Å². The van der Waals surface area contributed by atoms with E-state index < -0.39 is 55.4 Å². The minimum Gasteiger partial charge on any atom is -0.462 e. The zero-order valence-electron chi connectivity index (χ0n) is 33.6. The molecule has 0 aromatic carbocycles. The third kappa shape index (κ3) is 27.2. The van der Waals surface area contributed by atoms with Crippen LogP contribution >= 0.6 is 0 Å². The summed E-state index contributed by atoms with van der Waals surface area (Å²) in [5, 5.41) is 40.0. The minimum atomic E-state index is -1.61. The normalized spacial score (nSPS) is 21.5. The van der Waals surface area contributed by atoms with Crippen LogP contribution in [0, 0.1) is 0 Å². The Morgan fingerprint density at radius 2 is 1.11 bits per heavy atom. The van der Waals surface area contributed by atoms with Crippen molar-refractivity contribution in [2.45, 2.75) is 166 Å². The molecule has 0 radical (unpaired) electrons. The average Bonchev–Trinajstić information content (AvgIpc) is 3.18. The van der Waals surface area contributed by atoms with Crippen LogP contribution in [0.4, 0.5) is 0 Å². The van der Waals surface area contributed by atoms with Gasteiger partial charge in [0.05, 0.1) is 13.2 Å². The first kappa shape index (κ1) is 49.9. The summed E-state index contributed by atoms with van der Waals surface area (Å²) in [7, 11) is 0. The van der Waals surface area contributed by atoms with Crippen molar-refractivity contribution in [3.8, 4) is 0 Å². The molecule has 1 fully saturated rings. The van der Waals surface area contributed by atoms with E-state index in [4.69, 9.17) is 18.9 Å². The molecule has 1 aliphatic rings. The van der Waals surface area contributed by atoms with Gasteiger partial charge >= 0.3 is 11.9 Å². The molecule has 1 saturated heterocycles. The summed E-state index contributed by atoms with van der Waals surface area (Å²) in [6, 6.07) is 0. The number of esters is 2. The number of aliphatic hydroxyl groups is 4. The van der Waals surface area contributed by atoms with Gasteiger partial charge in [0, 0.05) is 12.8 Å². The van der Waals surface area contributed by atoms with Gasteiger partial charge in [0.25, 0.3) is 0 Å². The molecule has 10 heteroatoms. The summed E-state index contributed by atoms with van der Waals surface area (Å²) in [5.74, 6) is -0.865. The molecule has 0 bridgehead atoms. The Kier molecular flexibility index (Phi) is 32.0. The first-order chi connectivity index (χ1) is 26.8. The third-order valence-corrected chi connectivity index (χ3v) is 8.87. The molecule has 4 N–H and O–H groups in total. The monoisotopic (exact) mass is 773 g/mol. The predicted molar refractivity (Wildman–Crippen MR) is 219 cm³/mol. The van der Waals surface area contributed by atoms with Gasteiger partial charge in [-0.05, 0) is 64.2 Å². The number of rotatable bonds is 32. The Labute approximate surface area is 331 Å². The molecule has 0 aromatic heterocycles. The van der Waals surface area contributed by atoms with Crippen molar-refractivity contribution in [3.63, 3.8) is 0 Å². The number of carbonyl (C=O) groups excluding carboxylic acids is 2. The molecule has 0 aromatic rings. The Morgan fingerprint density at radius 1 is 0.582 bits per heavy atom. The quantitative estimate of drug-likeness (QED) is 0.0228. The lowest BCUT2D eigenvalue weighted by Crippen LogP contribution is -2.59. The van der Waals surface area contributed by atoms with E-state index in [2.05, 4.69) is 68.5 Å². The second kappa shape index (κ2) is 35.3. The fraction of sp³-hybridized carbons (Fsp3) is 0.644. The van der Waals surface area contributed by atoms with E-state index in [9.17, 15) is 30.0 Å². The van der Waals surface area contributed by atoms with Crippen LogP contribution in [0.3, 0.4) is 0 Å². The lowest BCUT2D eigenvalue weighted by molar-refractivity contribution is -0.305. The Hall–Kier alpha value is -3.12. The number of aliphatic hydroxyl groups excluding tert-OH is 4. The second-order valence-corrected chi connectivity index (χ2v) is 13.8. The molecule has 1 aliphatic heterocycles.